The molecule has 0 bridgehead atoms. The Hall–Kier alpha value is -2.16. The number of nitrogens with zero attached hydrogens (tertiary/aromatic N) is 2. The van der Waals surface area contributed by atoms with Crippen LogP contribution in [0.25, 0.3) is 0 Å². The van der Waals surface area contributed by atoms with Gasteiger partial charge in [0, 0.05) is 21.3 Å². The summed E-state index contributed by atoms with van der Waals surface area (Å²) in [4.78, 5) is 10.0. The molecule has 0 aliphatic rings. The Morgan fingerprint density at radius 1 is 1.25 bits per heavy atom. The number of rotatable bonds is 4. The zero-order valence-corrected chi connectivity index (χ0v) is 12.3. The van der Waals surface area contributed by atoms with Crippen molar-refractivity contribution < 1.29 is 10.0 Å². The molecule has 0 saturated carbocycles. The lowest BCUT2D eigenvalue weighted by Crippen LogP contribution is -1.92. The maximum atomic E-state index is 10.5. The van der Waals surface area contributed by atoms with Gasteiger partial charge in [-0.2, -0.15) is 5.10 Å². The molecule has 0 saturated heterocycles. The van der Waals surface area contributed by atoms with Crippen LogP contribution in [-0.4, -0.2) is 16.2 Å². The van der Waals surface area contributed by atoms with Crippen molar-refractivity contribution in [1.82, 2.24) is 0 Å². The highest BCUT2D eigenvalue weighted by Crippen LogP contribution is 2.18. The first kappa shape index (κ1) is 14.3. The molecule has 0 atom stereocenters. The highest BCUT2D eigenvalue weighted by Gasteiger charge is 2.03. The smallest absolute Gasteiger partial charge is 0.269 e. The van der Waals surface area contributed by atoms with Crippen LogP contribution in [0.15, 0.2) is 47.6 Å². The second-order valence-corrected chi connectivity index (χ2v) is 5.12. The van der Waals surface area contributed by atoms with E-state index in [-0.39, 0.29) is 11.4 Å². The third kappa shape index (κ3) is 3.67. The zero-order valence-electron chi connectivity index (χ0n) is 10.2. The van der Waals surface area contributed by atoms with Crippen molar-refractivity contribution in [3.8, 4) is 5.75 Å². The van der Waals surface area contributed by atoms with Gasteiger partial charge in [-0.3, -0.25) is 15.5 Å². The van der Waals surface area contributed by atoms with E-state index < -0.39 is 4.92 Å². The third-order valence-electron chi connectivity index (χ3n) is 2.46. The van der Waals surface area contributed by atoms with Gasteiger partial charge in [-0.15, -0.1) is 0 Å². The average Bonchev–Trinajstić information content (AvgIpc) is 2.43. The van der Waals surface area contributed by atoms with E-state index in [2.05, 4.69) is 33.1 Å². The standard InChI is InChI=1S/C13H10IN3O3/c14-10-1-6-13(18)9(7-10)8-15-16-11-2-4-12(5-3-11)17(19)20/h1-8,16,18H. The molecule has 2 aromatic rings. The Labute approximate surface area is 128 Å². The van der Waals surface area contributed by atoms with Crippen molar-refractivity contribution in [2.24, 2.45) is 5.10 Å². The average molecular weight is 383 g/mol. The van der Waals surface area contributed by atoms with Crippen LogP contribution in [0.4, 0.5) is 11.4 Å². The number of nitro groups is 1. The highest BCUT2D eigenvalue weighted by atomic mass is 127. The summed E-state index contributed by atoms with van der Waals surface area (Å²) >= 11 is 2.14. The van der Waals surface area contributed by atoms with Gasteiger partial charge < -0.3 is 5.11 Å². The fourth-order valence-electron chi connectivity index (χ4n) is 1.46. The van der Waals surface area contributed by atoms with Crippen molar-refractivity contribution >= 4 is 40.2 Å². The number of hydrazone groups is 1. The molecule has 20 heavy (non-hydrogen) atoms. The number of aromatic hydroxyl groups is 1. The zero-order chi connectivity index (χ0) is 14.5. The molecule has 0 unspecified atom stereocenters. The van der Waals surface area contributed by atoms with Gasteiger partial charge in [-0.05, 0) is 52.9 Å². The third-order valence-corrected chi connectivity index (χ3v) is 3.14. The molecule has 0 spiro atoms. The van der Waals surface area contributed by atoms with Crippen molar-refractivity contribution in [1.29, 1.82) is 0 Å². The largest absolute Gasteiger partial charge is 0.507 e. The van der Waals surface area contributed by atoms with E-state index in [1.807, 2.05) is 0 Å². The SMILES string of the molecule is O=[N+]([O-])c1ccc(NN=Cc2cc(I)ccc2O)cc1. The summed E-state index contributed by atoms with van der Waals surface area (Å²) in [6.07, 6.45) is 1.49. The van der Waals surface area contributed by atoms with E-state index in [1.165, 1.54) is 18.3 Å². The first-order chi connectivity index (χ1) is 9.56. The summed E-state index contributed by atoms with van der Waals surface area (Å²) in [5.74, 6) is 0.139. The Bertz CT molecular complexity index is 656. The number of nitrogens with one attached hydrogen (secondary N) is 1. The maximum Gasteiger partial charge on any atom is 0.269 e. The predicted molar refractivity (Wildman–Crippen MR) is 85.1 cm³/mol. The van der Waals surface area contributed by atoms with Crippen molar-refractivity contribution in [2.75, 3.05) is 5.43 Å². The molecule has 0 fully saturated rings. The fourth-order valence-corrected chi connectivity index (χ4v) is 1.98. The Morgan fingerprint density at radius 2 is 1.95 bits per heavy atom. The first-order valence-electron chi connectivity index (χ1n) is 5.58. The fraction of sp³-hybridized carbons (Fsp3) is 0. The highest BCUT2D eigenvalue weighted by molar-refractivity contribution is 14.1. The van der Waals surface area contributed by atoms with Crippen molar-refractivity contribution in [2.45, 2.75) is 0 Å². The van der Waals surface area contributed by atoms with Gasteiger partial charge >= 0.3 is 0 Å². The number of phenolic OH excluding ortho intramolecular Hbond substituents is 1. The minimum absolute atomic E-state index is 0.0230. The second kappa shape index (κ2) is 6.33. The minimum Gasteiger partial charge on any atom is -0.507 e. The molecular weight excluding hydrogens is 373 g/mol. The normalized spacial score (nSPS) is 10.7. The van der Waals surface area contributed by atoms with Crippen LogP contribution in [0.3, 0.4) is 0 Å². The van der Waals surface area contributed by atoms with Gasteiger partial charge in [-0.1, -0.05) is 0 Å². The van der Waals surface area contributed by atoms with Crippen LogP contribution in [-0.2, 0) is 0 Å². The van der Waals surface area contributed by atoms with Crippen molar-refractivity contribution in [3.05, 3.63) is 61.7 Å². The van der Waals surface area contributed by atoms with Gasteiger partial charge in [0.25, 0.3) is 5.69 Å². The molecule has 2 N–H and O–H groups in total. The number of nitro benzene ring substituents is 1. The number of anilines is 1. The van der Waals surface area contributed by atoms with Gasteiger partial charge in [0.1, 0.15) is 5.75 Å². The second-order valence-electron chi connectivity index (χ2n) is 3.88. The Kier molecular flexibility index (Phi) is 4.51. The van der Waals surface area contributed by atoms with Crippen LogP contribution >= 0.6 is 22.6 Å². The molecule has 2 aromatic carbocycles. The predicted octanol–water partition coefficient (Wildman–Crippen LogP) is 3.35. The summed E-state index contributed by atoms with van der Waals surface area (Å²) < 4.78 is 0.984. The molecule has 102 valence electrons. The molecule has 2 rings (SSSR count). The van der Waals surface area contributed by atoms with Crippen LogP contribution in [0.5, 0.6) is 5.75 Å². The molecule has 6 nitrogen and oxygen atoms in total. The number of halogens is 1. The molecule has 0 aliphatic heterocycles. The van der Waals surface area contributed by atoms with E-state index in [0.717, 1.165) is 3.57 Å². The molecular formula is C13H10IN3O3. The number of phenols is 1. The molecule has 0 aliphatic carbocycles. The first-order valence-corrected chi connectivity index (χ1v) is 6.66. The lowest BCUT2D eigenvalue weighted by molar-refractivity contribution is -0.384. The number of benzene rings is 2. The van der Waals surface area contributed by atoms with E-state index >= 15 is 0 Å². The Balaban J connectivity index is 2.06. The summed E-state index contributed by atoms with van der Waals surface area (Å²) in [5, 5.41) is 24.1. The van der Waals surface area contributed by atoms with E-state index in [9.17, 15) is 15.2 Å². The van der Waals surface area contributed by atoms with Crippen LogP contribution in [0.1, 0.15) is 5.56 Å². The summed E-state index contributed by atoms with van der Waals surface area (Å²) in [5.41, 5.74) is 3.97. The number of hydrogen-bond acceptors (Lipinski definition) is 5. The molecule has 7 heteroatoms. The number of hydrogen-bond donors (Lipinski definition) is 2. The summed E-state index contributed by atoms with van der Waals surface area (Å²) in [6, 6.07) is 11.1. The van der Waals surface area contributed by atoms with Gasteiger partial charge in [0.05, 0.1) is 16.8 Å². The van der Waals surface area contributed by atoms with E-state index in [4.69, 9.17) is 0 Å². The monoisotopic (exact) mass is 383 g/mol. The quantitative estimate of drug-likeness (QED) is 0.367. The molecule has 0 aromatic heterocycles. The summed E-state index contributed by atoms with van der Waals surface area (Å²) in [6.45, 7) is 0. The lowest BCUT2D eigenvalue weighted by atomic mass is 10.2. The van der Waals surface area contributed by atoms with Crippen LogP contribution in [0.2, 0.25) is 0 Å². The summed E-state index contributed by atoms with van der Waals surface area (Å²) in [7, 11) is 0. The van der Waals surface area contributed by atoms with Gasteiger partial charge in [0.15, 0.2) is 0 Å². The van der Waals surface area contributed by atoms with Crippen LogP contribution in [0, 0.1) is 13.7 Å². The van der Waals surface area contributed by atoms with Crippen molar-refractivity contribution in [3.63, 3.8) is 0 Å². The van der Waals surface area contributed by atoms with Crippen LogP contribution < -0.4 is 5.43 Å². The minimum atomic E-state index is -0.461. The molecule has 0 heterocycles. The number of non-ortho nitro benzene ring substituents is 1. The van der Waals surface area contributed by atoms with E-state index in [0.29, 0.717) is 11.3 Å². The van der Waals surface area contributed by atoms with Gasteiger partial charge in [-0.25, -0.2) is 0 Å². The van der Waals surface area contributed by atoms with Gasteiger partial charge in [0.2, 0.25) is 0 Å². The molecule has 0 radical (unpaired) electrons. The Morgan fingerprint density at radius 3 is 2.60 bits per heavy atom. The molecule has 0 amide bonds. The lowest BCUT2D eigenvalue weighted by Gasteiger charge is -2.01. The topological polar surface area (TPSA) is 87.8 Å². The van der Waals surface area contributed by atoms with E-state index in [1.54, 1.807) is 30.3 Å². The maximum absolute atomic E-state index is 10.5.